The van der Waals surface area contributed by atoms with Crippen molar-refractivity contribution in [1.82, 2.24) is 4.98 Å². The highest BCUT2D eigenvalue weighted by Gasteiger charge is 2.35. The van der Waals surface area contributed by atoms with Crippen LogP contribution in [0.2, 0.25) is 5.02 Å². The molecule has 0 amide bonds. The van der Waals surface area contributed by atoms with Gasteiger partial charge in [-0.1, -0.05) is 23.7 Å². The summed E-state index contributed by atoms with van der Waals surface area (Å²) in [6, 6.07) is 5.04. The number of ether oxygens (including phenoxy) is 1. The number of thiazole rings is 1. The number of benzene rings is 1. The average molecular weight is 362 g/mol. The van der Waals surface area contributed by atoms with E-state index in [0.29, 0.717) is 21.7 Å². The molecule has 0 bridgehead atoms. The number of aryl methyl sites for hydroxylation is 1. The molecule has 23 heavy (non-hydrogen) atoms. The van der Waals surface area contributed by atoms with Crippen LogP contribution in [0.1, 0.15) is 16.1 Å². The van der Waals surface area contributed by atoms with Crippen LogP contribution >= 0.6 is 22.9 Å². The number of hydrogen-bond acceptors (Lipinski definition) is 4. The minimum atomic E-state index is -4.69. The third-order valence-electron chi connectivity index (χ3n) is 2.91. The molecule has 0 spiro atoms. The van der Waals surface area contributed by atoms with Gasteiger partial charge in [-0.15, -0.1) is 11.3 Å². The summed E-state index contributed by atoms with van der Waals surface area (Å²) in [6.07, 6.45) is -4.24. The molecule has 0 atom stereocenters. The third-order valence-corrected chi connectivity index (χ3v) is 4.07. The second kappa shape index (κ2) is 7.14. The zero-order chi connectivity index (χ0) is 17.0. The Labute approximate surface area is 139 Å². The second-order valence-corrected chi connectivity index (χ2v) is 5.91. The van der Waals surface area contributed by atoms with Gasteiger partial charge in [-0.2, -0.15) is 13.2 Å². The molecule has 0 fully saturated rings. The van der Waals surface area contributed by atoms with Gasteiger partial charge in [-0.3, -0.25) is 0 Å². The van der Waals surface area contributed by atoms with E-state index in [-0.39, 0.29) is 12.2 Å². The summed E-state index contributed by atoms with van der Waals surface area (Å²) < 4.78 is 44.2. The molecule has 0 aliphatic heterocycles. The van der Waals surface area contributed by atoms with Gasteiger partial charge in [0.2, 0.25) is 0 Å². The molecule has 1 aromatic heterocycles. The first-order valence-corrected chi connectivity index (χ1v) is 7.63. The van der Waals surface area contributed by atoms with Crippen molar-refractivity contribution < 1.29 is 22.7 Å². The fourth-order valence-electron chi connectivity index (χ4n) is 1.72. The number of carbonyl (C=O) groups excluding carboxylic acids is 1. The standard InChI is InChI=1S/C15H11ClF3NO2S/c1-9-13(23-8-20-9)7-22-14(21)6-12(15(17,18)19)10-2-4-11(16)5-3-10/h2-6,8H,7H2,1H3. The fourth-order valence-corrected chi connectivity index (χ4v) is 2.53. The van der Waals surface area contributed by atoms with E-state index in [4.69, 9.17) is 16.3 Å². The van der Waals surface area contributed by atoms with Crippen molar-refractivity contribution in [3.05, 3.63) is 57.0 Å². The molecule has 2 rings (SSSR count). The van der Waals surface area contributed by atoms with Crippen LogP contribution in [0.4, 0.5) is 13.2 Å². The van der Waals surface area contributed by atoms with Crippen LogP contribution < -0.4 is 0 Å². The molecular formula is C15H11ClF3NO2S. The van der Waals surface area contributed by atoms with Crippen molar-refractivity contribution in [3.8, 4) is 0 Å². The minimum absolute atomic E-state index is 0.114. The van der Waals surface area contributed by atoms with Gasteiger partial charge >= 0.3 is 12.1 Å². The number of halogens is 4. The van der Waals surface area contributed by atoms with E-state index in [9.17, 15) is 18.0 Å². The van der Waals surface area contributed by atoms with E-state index in [2.05, 4.69) is 4.98 Å². The van der Waals surface area contributed by atoms with Gasteiger partial charge in [-0.25, -0.2) is 9.78 Å². The summed E-state index contributed by atoms with van der Waals surface area (Å²) in [5, 5.41) is 0.304. The molecule has 0 unspecified atom stereocenters. The maximum absolute atomic E-state index is 13.1. The highest BCUT2D eigenvalue weighted by Crippen LogP contribution is 2.34. The van der Waals surface area contributed by atoms with E-state index in [1.807, 2.05) is 0 Å². The van der Waals surface area contributed by atoms with Crippen molar-refractivity contribution >= 4 is 34.5 Å². The number of alkyl halides is 3. The van der Waals surface area contributed by atoms with Gasteiger partial charge in [0.05, 0.1) is 21.7 Å². The van der Waals surface area contributed by atoms with E-state index in [1.54, 1.807) is 12.4 Å². The van der Waals surface area contributed by atoms with Crippen LogP contribution in [-0.2, 0) is 16.1 Å². The Morgan fingerprint density at radius 1 is 1.35 bits per heavy atom. The maximum Gasteiger partial charge on any atom is 0.417 e. The Kier molecular flexibility index (Phi) is 5.43. The van der Waals surface area contributed by atoms with Crippen molar-refractivity contribution in [2.45, 2.75) is 19.7 Å². The molecule has 1 aromatic carbocycles. The predicted molar refractivity (Wildman–Crippen MR) is 82.1 cm³/mol. The van der Waals surface area contributed by atoms with E-state index in [1.165, 1.54) is 35.6 Å². The molecule has 1 heterocycles. The molecular weight excluding hydrogens is 351 g/mol. The largest absolute Gasteiger partial charge is 0.457 e. The van der Waals surface area contributed by atoms with Crippen LogP contribution in [0, 0.1) is 6.92 Å². The lowest BCUT2D eigenvalue weighted by Gasteiger charge is -2.12. The van der Waals surface area contributed by atoms with Crippen LogP contribution in [0.5, 0.6) is 0 Å². The maximum atomic E-state index is 13.1. The Morgan fingerprint density at radius 3 is 2.52 bits per heavy atom. The summed E-state index contributed by atoms with van der Waals surface area (Å²) in [7, 11) is 0. The van der Waals surface area contributed by atoms with Gasteiger partial charge in [0.15, 0.2) is 0 Å². The van der Waals surface area contributed by atoms with Crippen LogP contribution in [0.15, 0.2) is 35.9 Å². The summed E-state index contributed by atoms with van der Waals surface area (Å²) in [6.45, 7) is 1.61. The molecule has 3 nitrogen and oxygen atoms in total. The molecule has 0 aliphatic carbocycles. The van der Waals surface area contributed by atoms with Crippen molar-refractivity contribution in [1.29, 1.82) is 0 Å². The van der Waals surface area contributed by atoms with Gasteiger partial charge < -0.3 is 4.74 Å². The minimum Gasteiger partial charge on any atom is -0.457 e. The highest BCUT2D eigenvalue weighted by molar-refractivity contribution is 7.09. The first-order valence-electron chi connectivity index (χ1n) is 6.38. The molecule has 0 N–H and O–H groups in total. The number of carbonyl (C=O) groups is 1. The number of esters is 1. The number of rotatable bonds is 4. The van der Waals surface area contributed by atoms with Crippen molar-refractivity contribution in [2.24, 2.45) is 0 Å². The highest BCUT2D eigenvalue weighted by atomic mass is 35.5. The SMILES string of the molecule is Cc1ncsc1COC(=O)C=C(c1ccc(Cl)cc1)C(F)(F)F. The summed E-state index contributed by atoms with van der Waals surface area (Å²) in [4.78, 5) is 16.4. The third kappa shape index (κ3) is 4.80. The number of nitrogens with zero attached hydrogens (tertiary/aromatic N) is 1. The Morgan fingerprint density at radius 2 is 2.00 bits per heavy atom. The lowest BCUT2D eigenvalue weighted by molar-refractivity contribution is -0.139. The zero-order valence-electron chi connectivity index (χ0n) is 11.9. The topological polar surface area (TPSA) is 39.2 Å². The summed E-state index contributed by atoms with van der Waals surface area (Å²) >= 11 is 6.93. The molecule has 0 radical (unpaired) electrons. The van der Waals surface area contributed by atoms with Crippen molar-refractivity contribution in [3.63, 3.8) is 0 Å². The quantitative estimate of drug-likeness (QED) is 0.580. The Bertz CT molecular complexity index is 723. The van der Waals surface area contributed by atoms with Gasteiger partial charge in [-0.05, 0) is 24.6 Å². The van der Waals surface area contributed by atoms with Crippen LogP contribution in [-0.4, -0.2) is 17.1 Å². The van der Waals surface area contributed by atoms with E-state index < -0.39 is 17.7 Å². The normalized spacial score (nSPS) is 12.3. The number of hydrogen-bond donors (Lipinski definition) is 0. The van der Waals surface area contributed by atoms with Crippen LogP contribution in [0.3, 0.4) is 0 Å². The monoisotopic (exact) mass is 361 g/mol. The summed E-state index contributed by atoms with van der Waals surface area (Å²) in [5.74, 6) is -1.07. The lowest BCUT2D eigenvalue weighted by Crippen LogP contribution is -2.13. The number of allylic oxidation sites excluding steroid dienone is 1. The average Bonchev–Trinajstić information content (AvgIpc) is 2.88. The number of aromatic nitrogens is 1. The van der Waals surface area contributed by atoms with Crippen molar-refractivity contribution in [2.75, 3.05) is 0 Å². The molecule has 0 saturated heterocycles. The van der Waals surface area contributed by atoms with Gasteiger partial charge in [0, 0.05) is 11.1 Å². The predicted octanol–water partition coefficient (Wildman–Crippen LogP) is 4.79. The first kappa shape index (κ1) is 17.5. The Balaban J connectivity index is 2.18. The summed E-state index contributed by atoms with van der Waals surface area (Å²) in [5.41, 5.74) is 1.01. The smallest absolute Gasteiger partial charge is 0.417 e. The molecule has 0 saturated carbocycles. The Hall–Kier alpha value is -1.86. The van der Waals surface area contributed by atoms with E-state index >= 15 is 0 Å². The lowest BCUT2D eigenvalue weighted by atomic mass is 10.1. The van der Waals surface area contributed by atoms with Gasteiger partial charge in [0.1, 0.15) is 6.61 Å². The molecule has 122 valence electrons. The molecule has 0 aliphatic rings. The van der Waals surface area contributed by atoms with Gasteiger partial charge in [0.25, 0.3) is 0 Å². The zero-order valence-corrected chi connectivity index (χ0v) is 13.4. The van der Waals surface area contributed by atoms with E-state index in [0.717, 1.165) is 0 Å². The molecule has 2 aromatic rings. The fraction of sp³-hybridized carbons (Fsp3) is 0.200. The second-order valence-electron chi connectivity index (χ2n) is 4.53. The van der Waals surface area contributed by atoms with Crippen LogP contribution in [0.25, 0.3) is 5.57 Å². The first-order chi connectivity index (χ1) is 10.8. The molecule has 8 heteroatoms.